The molecule has 0 bridgehead atoms. The lowest BCUT2D eigenvalue weighted by molar-refractivity contribution is -0.118. The van der Waals surface area contributed by atoms with Crippen molar-refractivity contribution in [3.05, 3.63) is 18.2 Å². The van der Waals surface area contributed by atoms with Crippen LogP contribution in [0.15, 0.2) is 18.2 Å². The van der Waals surface area contributed by atoms with E-state index in [1.165, 1.54) is 0 Å². The number of hydrogen-bond acceptors (Lipinski definition) is 5. The Morgan fingerprint density at radius 2 is 2.24 bits per heavy atom. The number of benzene rings is 1. The van der Waals surface area contributed by atoms with Gasteiger partial charge in [-0.05, 0) is 19.1 Å². The van der Waals surface area contributed by atoms with Crippen molar-refractivity contribution in [3.8, 4) is 11.5 Å². The van der Waals surface area contributed by atoms with Gasteiger partial charge in [0.1, 0.15) is 11.5 Å². The first-order valence-electron chi connectivity index (χ1n) is 7.10. The van der Waals surface area contributed by atoms with Gasteiger partial charge in [0.25, 0.3) is 0 Å². The van der Waals surface area contributed by atoms with Gasteiger partial charge in [-0.3, -0.25) is 9.69 Å². The highest BCUT2D eigenvalue weighted by atomic mass is 16.5. The van der Waals surface area contributed by atoms with Crippen molar-refractivity contribution in [2.24, 2.45) is 0 Å². The van der Waals surface area contributed by atoms with Gasteiger partial charge in [0.05, 0.1) is 26.5 Å². The summed E-state index contributed by atoms with van der Waals surface area (Å²) in [6.45, 7) is 5.20. The number of methoxy groups -OCH3 is 2. The second-order valence-electron chi connectivity index (χ2n) is 5.14. The first kappa shape index (κ1) is 15.6. The molecule has 1 heterocycles. The van der Waals surface area contributed by atoms with Crippen molar-refractivity contribution in [1.29, 1.82) is 0 Å². The van der Waals surface area contributed by atoms with Crippen LogP contribution in [-0.4, -0.2) is 57.2 Å². The quantitative estimate of drug-likeness (QED) is 0.846. The number of hydrogen-bond donors (Lipinski definition) is 2. The molecule has 21 heavy (non-hydrogen) atoms. The lowest BCUT2D eigenvalue weighted by Gasteiger charge is -2.33. The van der Waals surface area contributed by atoms with Gasteiger partial charge in [-0.1, -0.05) is 0 Å². The van der Waals surface area contributed by atoms with E-state index in [-0.39, 0.29) is 5.91 Å². The molecule has 2 N–H and O–H groups in total. The molecule has 1 fully saturated rings. The SMILES string of the molecule is COc1ccc(OC)c(NC(=O)CN2CCNC[C@@H]2C)c1. The molecule has 2 rings (SSSR count). The zero-order chi connectivity index (χ0) is 15.2. The molecule has 1 aromatic rings. The molecular formula is C15H23N3O3. The highest BCUT2D eigenvalue weighted by Crippen LogP contribution is 2.28. The van der Waals surface area contributed by atoms with Gasteiger partial charge in [0, 0.05) is 31.7 Å². The summed E-state index contributed by atoms with van der Waals surface area (Å²) >= 11 is 0. The molecule has 1 atom stereocenters. The normalized spacial score (nSPS) is 19.1. The molecule has 116 valence electrons. The number of rotatable bonds is 5. The summed E-state index contributed by atoms with van der Waals surface area (Å²) < 4.78 is 10.4. The maximum absolute atomic E-state index is 12.2. The fraction of sp³-hybridized carbons (Fsp3) is 0.533. The minimum Gasteiger partial charge on any atom is -0.497 e. The van der Waals surface area contributed by atoms with E-state index in [4.69, 9.17) is 9.47 Å². The number of piperazine rings is 1. The monoisotopic (exact) mass is 293 g/mol. The van der Waals surface area contributed by atoms with E-state index >= 15 is 0 Å². The molecular weight excluding hydrogens is 270 g/mol. The molecule has 0 spiro atoms. The minimum atomic E-state index is -0.0460. The van der Waals surface area contributed by atoms with Gasteiger partial charge < -0.3 is 20.1 Å². The maximum Gasteiger partial charge on any atom is 0.238 e. The van der Waals surface area contributed by atoms with E-state index < -0.39 is 0 Å². The molecule has 1 aliphatic heterocycles. The lowest BCUT2D eigenvalue weighted by Crippen LogP contribution is -2.51. The summed E-state index contributed by atoms with van der Waals surface area (Å²) in [7, 11) is 3.17. The van der Waals surface area contributed by atoms with E-state index in [9.17, 15) is 4.79 Å². The van der Waals surface area contributed by atoms with Crippen molar-refractivity contribution in [3.63, 3.8) is 0 Å². The summed E-state index contributed by atoms with van der Waals surface area (Å²) in [5.41, 5.74) is 0.629. The highest BCUT2D eigenvalue weighted by Gasteiger charge is 2.20. The number of ether oxygens (including phenoxy) is 2. The van der Waals surface area contributed by atoms with Crippen molar-refractivity contribution in [1.82, 2.24) is 10.2 Å². The van der Waals surface area contributed by atoms with E-state index in [0.717, 1.165) is 19.6 Å². The average molecular weight is 293 g/mol. The number of nitrogens with one attached hydrogen (secondary N) is 2. The van der Waals surface area contributed by atoms with Crippen LogP contribution in [0.1, 0.15) is 6.92 Å². The zero-order valence-electron chi connectivity index (χ0n) is 12.8. The van der Waals surface area contributed by atoms with Gasteiger partial charge in [0.15, 0.2) is 0 Å². The fourth-order valence-electron chi connectivity index (χ4n) is 2.40. The third-order valence-corrected chi connectivity index (χ3v) is 3.67. The van der Waals surface area contributed by atoms with Crippen LogP contribution in [0.5, 0.6) is 11.5 Å². The zero-order valence-corrected chi connectivity index (χ0v) is 12.8. The van der Waals surface area contributed by atoms with Gasteiger partial charge >= 0.3 is 0 Å². The Morgan fingerprint density at radius 3 is 2.90 bits per heavy atom. The fourth-order valence-corrected chi connectivity index (χ4v) is 2.40. The summed E-state index contributed by atoms with van der Waals surface area (Å²) in [6, 6.07) is 5.70. The van der Waals surface area contributed by atoms with Gasteiger partial charge in [-0.15, -0.1) is 0 Å². The molecule has 0 aromatic heterocycles. The Bertz CT molecular complexity index is 493. The molecule has 0 unspecified atom stereocenters. The number of nitrogens with zero attached hydrogens (tertiary/aromatic N) is 1. The van der Waals surface area contributed by atoms with Crippen LogP contribution in [0.3, 0.4) is 0 Å². The molecule has 1 amide bonds. The molecule has 6 nitrogen and oxygen atoms in total. The van der Waals surface area contributed by atoms with E-state index in [1.807, 2.05) is 0 Å². The number of anilines is 1. The van der Waals surface area contributed by atoms with Gasteiger partial charge in [-0.2, -0.15) is 0 Å². The van der Waals surface area contributed by atoms with E-state index in [1.54, 1.807) is 32.4 Å². The first-order valence-corrected chi connectivity index (χ1v) is 7.10. The third kappa shape index (κ3) is 4.09. The summed E-state index contributed by atoms with van der Waals surface area (Å²) in [6.07, 6.45) is 0. The van der Waals surface area contributed by atoms with Gasteiger partial charge in [0.2, 0.25) is 5.91 Å². The number of carbonyl (C=O) groups excluding carboxylic acids is 1. The Labute approximate surface area is 125 Å². The molecule has 1 aromatic carbocycles. The Balaban J connectivity index is 2.01. The van der Waals surface area contributed by atoms with Crippen molar-refractivity contribution in [2.75, 3.05) is 45.7 Å². The molecule has 0 aliphatic carbocycles. The molecule has 1 aliphatic rings. The Hall–Kier alpha value is -1.79. The Kier molecular flexibility index (Phi) is 5.41. The van der Waals surface area contributed by atoms with Crippen LogP contribution in [0.25, 0.3) is 0 Å². The van der Waals surface area contributed by atoms with E-state index in [0.29, 0.717) is 29.8 Å². The largest absolute Gasteiger partial charge is 0.497 e. The predicted octanol–water partition coefficient (Wildman–Crippen LogP) is 0.936. The minimum absolute atomic E-state index is 0.0460. The van der Waals surface area contributed by atoms with Crippen LogP contribution < -0.4 is 20.1 Å². The molecule has 0 saturated carbocycles. The number of amides is 1. The van der Waals surface area contributed by atoms with Crippen LogP contribution >= 0.6 is 0 Å². The second-order valence-corrected chi connectivity index (χ2v) is 5.14. The lowest BCUT2D eigenvalue weighted by atomic mass is 10.2. The number of carbonyl (C=O) groups is 1. The van der Waals surface area contributed by atoms with Crippen LogP contribution in [0, 0.1) is 0 Å². The van der Waals surface area contributed by atoms with Crippen molar-refractivity contribution >= 4 is 11.6 Å². The molecule has 1 saturated heterocycles. The smallest absolute Gasteiger partial charge is 0.238 e. The highest BCUT2D eigenvalue weighted by molar-refractivity contribution is 5.94. The summed E-state index contributed by atoms with van der Waals surface area (Å²) in [5.74, 6) is 1.26. The summed E-state index contributed by atoms with van der Waals surface area (Å²) in [5, 5.41) is 6.21. The van der Waals surface area contributed by atoms with Crippen molar-refractivity contribution < 1.29 is 14.3 Å². The predicted molar refractivity (Wildman–Crippen MR) is 82.1 cm³/mol. The van der Waals surface area contributed by atoms with Crippen LogP contribution in [-0.2, 0) is 4.79 Å². The van der Waals surface area contributed by atoms with Crippen molar-refractivity contribution in [2.45, 2.75) is 13.0 Å². The van der Waals surface area contributed by atoms with Crippen LogP contribution in [0.4, 0.5) is 5.69 Å². The average Bonchev–Trinajstić information content (AvgIpc) is 2.49. The maximum atomic E-state index is 12.2. The second kappa shape index (κ2) is 7.28. The molecule has 6 heteroatoms. The van der Waals surface area contributed by atoms with E-state index in [2.05, 4.69) is 22.5 Å². The third-order valence-electron chi connectivity index (χ3n) is 3.67. The molecule has 0 radical (unpaired) electrons. The first-order chi connectivity index (χ1) is 10.1. The topological polar surface area (TPSA) is 62.8 Å². The standard InChI is InChI=1S/C15H23N3O3/c1-11-9-16-6-7-18(11)10-15(19)17-13-8-12(20-2)4-5-14(13)21-3/h4-5,8,11,16H,6-7,9-10H2,1-3H3,(H,17,19)/t11-/m0/s1. The van der Waals surface area contributed by atoms with Gasteiger partial charge in [-0.25, -0.2) is 0 Å². The summed E-state index contributed by atoms with van der Waals surface area (Å²) in [4.78, 5) is 14.4. The van der Waals surface area contributed by atoms with Crippen LogP contribution in [0.2, 0.25) is 0 Å². The Morgan fingerprint density at radius 1 is 1.43 bits per heavy atom.